The summed E-state index contributed by atoms with van der Waals surface area (Å²) in [5, 5.41) is 17.4. The number of nitrogens with two attached hydrogens (primary N) is 1. The van der Waals surface area contributed by atoms with Crippen molar-refractivity contribution >= 4 is 0 Å². The Bertz CT molecular complexity index is 281. The fourth-order valence-corrected chi connectivity index (χ4v) is 1.06. The summed E-state index contributed by atoms with van der Waals surface area (Å²) in [4.78, 5) is 0. The van der Waals surface area contributed by atoms with Gasteiger partial charge in [-0.25, -0.2) is 4.68 Å². The summed E-state index contributed by atoms with van der Waals surface area (Å²) in [5.41, 5.74) is 5.89. The van der Waals surface area contributed by atoms with Gasteiger partial charge < -0.3 is 10.8 Å². The Morgan fingerprint density at radius 1 is 1.69 bits per heavy atom. The normalized spacial score (nSPS) is 14.5. The lowest BCUT2D eigenvalue weighted by atomic mass is 9.85. The molecule has 1 unspecified atom stereocenters. The zero-order valence-electron chi connectivity index (χ0n) is 8.23. The molecule has 3 N–H and O–H groups in total. The number of aliphatic hydroxyl groups is 1. The predicted molar refractivity (Wildman–Crippen MR) is 48.8 cm³/mol. The lowest BCUT2D eigenvalue weighted by Gasteiger charge is -2.28. The van der Waals surface area contributed by atoms with E-state index in [1.165, 1.54) is 0 Å². The van der Waals surface area contributed by atoms with Crippen LogP contribution in [0.1, 0.15) is 25.6 Å². The van der Waals surface area contributed by atoms with E-state index >= 15 is 0 Å². The third-order valence-electron chi connectivity index (χ3n) is 2.30. The van der Waals surface area contributed by atoms with E-state index in [2.05, 4.69) is 10.3 Å². The minimum Gasteiger partial charge on any atom is -0.386 e. The third-order valence-corrected chi connectivity index (χ3v) is 2.30. The van der Waals surface area contributed by atoms with Crippen molar-refractivity contribution < 1.29 is 5.11 Å². The van der Waals surface area contributed by atoms with E-state index in [4.69, 9.17) is 5.73 Å². The Morgan fingerprint density at radius 3 is 2.69 bits per heavy atom. The molecule has 0 aromatic carbocycles. The van der Waals surface area contributed by atoms with Gasteiger partial charge in [-0.2, -0.15) is 0 Å². The first-order valence-corrected chi connectivity index (χ1v) is 4.22. The fourth-order valence-electron chi connectivity index (χ4n) is 1.06. The Labute approximate surface area is 77.6 Å². The van der Waals surface area contributed by atoms with E-state index < -0.39 is 6.10 Å². The lowest BCUT2D eigenvalue weighted by molar-refractivity contribution is 0.0486. The highest BCUT2D eigenvalue weighted by molar-refractivity contribution is 5.03. The molecule has 0 aliphatic carbocycles. The van der Waals surface area contributed by atoms with Crippen LogP contribution >= 0.6 is 0 Å². The highest BCUT2D eigenvalue weighted by Crippen LogP contribution is 2.30. The van der Waals surface area contributed by atoms with Crippen LogP contribution in [0.15, 0.2) is 6.20 Å². The van der Waals surface area contributed by atoms with Gasteiger partial charge >= 0.3 is 0 Å². The van der Waals surface area contributed by atoms with E-state index in [0.29, 0.717) is 12.2 Å². The second-order valence-electron chi connectivity index (χ2n) is 3.88. The average Bonchev–Trinajstić information content (AvgIpc) is 2.50. The van der Waals surface area contributed by atoms with Crippen molar-refractivity contribution in [1.82, 2.24) is 15.0 Å². The molecule has 0 bridgehead atoms. The van der Waals surface area contributed by atoms with Gasteiger partial charge in [0.2, 0.25) is 0 Å². The van der Waals surface area contributed by atoms with Crippen LogP contribution in [0.3, 0.4) is 0 Å². The molecule has 1 aromatic rings. The molecule has 74 valence electrons. The van der Waals surface area contributed by atoms with Crippen LogP contribution in [0.2, 0.25) is 0 Å². The van der Waals surface area contributed by atoms with Crippen LogP contribution in [-0.4, -0.2) is 26.6 Å². The zero-order valence-corrected chi connectivity index (χ0v) is 8.23. The van der Waals surface area contributed by atoms with Gasteiger partial charge in [0, 0.05) is 19.0 Å². The van der Waals surface area contributed by atoms with E-state index in [-0.39, 0.29) is 5.41 Å². The van der Waals surface area contributed by atoms with Crippen LogP contribution in [0.25, 0.3) is 0 Å². The quantitative estimate of drug-likeness (QED) is 0.684. The van der Waals surface area contributed by atoms with Gasteiger partial charge in [-0.05, 0) is 0 Å². The highest BCUT2D eigenvalue weighted by atomic mass is 16.3. The summed E-state index contributed by atoms with van der Waals surface area (Å²) in [6.07, 6.45) is 0.930. The average molecular weight is 184 g/mol. The van der Waals surface area contributed by atoms with Crippen LogP contribution in [0.4, 0.5) is 0 Å². The third kappa shape index (κ3) is 1.87. The number of hydrogen-bond acceptors (Lipinski definition) is 4. The Kier molecular flexibility index (Phi) is 2.68. The summed E-state index contributed by atoms with van der Waals surface area (Å²) in [7, 11) is 1.75. The van der Waals surface area contributed by atoms with Crippen LogP contribution in [-0.2, 0) is 7.05 Å². The van der Waals surface area contributed by atoms with E-state index in [0.717, 1.165) is 0 Å². The van der Waals surface area contributed by atoms with Gasteiger partial charge in [0.25, 0.3) is 0 Å². The van der Waals surface area contributed by atoms with Crippen molar-refractivity contribution in [1.29, 1.82) is 0 Å². The van der Waals surface area contributed by atoms with Crippen LogP contribution < -0.4 is 5.73 Å². The zero-order chi connectivity index (χ0) is 10.1. The molecule has 0 spiro atoms. The molecular formula is C8H16N4O. The van der Waals surface area contributed by atoms with Gasteiger partial charge in [-0.1, -0.05) is 19.1 Å². The Hall–Kier alpha value is -0.940. The maximum Gasteiger partial charge on any atom is 0.104 e. The Balaban J connectivity index is 2.91. The summed E-state index contributed by atoms with van der Waals surface area (Å²) in [6.45, 7) is 4.23. The van der Waals surface area contributed by atoms with E-state index in [1.54, 1.807) is 17.9 Å². The molecule has 0 saturated carbocycles. The summed E-state index contributed by atoms with van der Waals surface area (Å²) in [5.74, 6) is 0. The number of aliphatic hydroxyl groups excluding tert-OH is 1. The smallest absolute Gasteiger partial charge is 0.104 e. The molecule has 5 heteroatoms. The fraction of sp³-hybridized carbons (Fsp3) is 0.750. The summed E-state index contributed by atoms with van der Waals surface area (Å²) in [6, 6.07) is 0. The molecule has 1 atom stereocenters. The molecule has 0 fully saturated rings. The molecule has 0 radical (unpaired) electrons. The molecule has 0 saturated heterocycles. The van der Waals surface area contributed by atoms with Gasteiger partial charge in [-0.15, -0.1) is 5.10 Å². The minimum atomic E-state index is -0.627. The van der Waals surface area contributed by atoms with Gasteiger partial charge in [0.15, 0.2) is 0 Å². The number of hydrogen-bond donors (Lipinski definition) is 2. The topological polar surface area (TPSA) is 77.0 Å². The standard InChI is InChI=1S/C8H16N4O/c1-8(2,5-9)7(13)6-4-10-11-12(6)3/h4,7,13H,5,9H2,1-3H3. The molecule has 1 rings (SSSR count). The maximum absolute atomic E-state index is 9.94. The molecular weight excluding hydrogens is 168 g/mol. The van der Waals surface area contributed by atoms with Gasteiger partial charge in [0.1, 0.15) is 6.10 Å². The first-order valence-electron chi connectivity index (χ1n) is 4.22. The van der Waals surface area contributed by atoms with Crippen molar-refractivity contribution in [2.24, 2.45) is 18.2 Å². The van der Waals surface area contributed by atoms with Crippen LogP contribution in [0, 0.1) is 5.41 Å². The monoisotopic (exact) mass is 184 g/mol. The van der Waals surface area contributed by atoms with Crippen molar-refractivity contribution in [3.05, 3.63) is 11.9 Å². The number of rotatable bonds is 3. The van der Waals surface area contributed by atoms with Crippen molar-refractivity contribution in [3.63, 3.8) is 0 Å². The molecule has 0 aliphatic rings. The largest absolute Gasteiger partial charge is 0.386 e. The Morgan fingerprint density at radius 2 is 2.31 bits per heavy atom. The first kappa shape index (κ1) is 10.1. The minimum absolute atomic E-state index is 0.352. The second-order valence-corrected chi connectivity index (χ2v) is 3.88. The number of aromatic nitrogens is 3. The summed E-state index contributed by atoms with van der Waals surface area (Å²) < 4.78 is 1.56. The molecule has 0 aliphatic heterocycles. The molecule has 1 heterocycles. The molecule has 5 nitrogen and oxygen atoms in total. The number of nitrogens with zero attached hydrogens (tertiary/aromatic N) is 3. The SMILES string of the molecule is Cn1nncc1C(O)C(C)(C)CN. The van der Waals surface area contributed by atoms with Gasteiger partial charge in [-0.3, -0.25) is 0 Å². The van der Waals surface area contributed by atoms with Crippen molar-refractivity contribution in [2.75, 3.05) is 6.54 Å². The van der Waals surface area contributed by atoms with E-state index in [1.807, 2.05) is 13.8 Å². The lowest BCUT2D eigenvalue weighted by Crippen LogP contribution is -2.31. The molecule has 13 heavy (non-hydrogen) atoms. The molecule has 1 aromatic heterocycles. The first-order chi connectivity index (χ1) is 5.99. The predicted octanol–water partition coefficient (Wildman–Crippen LogP) is -0.167. The highest BCUT2D eigenvalue weighted by Gasteiger charge is 2.29. The van der Waals surface area contributed by atoms with Crippen molar-refractivity contribution in [2.45, 2.75) is 20.0 Å². The molecule has 0 amide bonds. The maximum atomic E-state index is 9.94. The van der Waals surface area contributed by atoms with Gasteiger partial charge in [0.05, 0.1) is 11.9 Å². The summed E-state index contributed by atoms with van der Waals surface area (Å²) >= 11 is 0. The number of aryl methyl sites for hydroxylation is 1. The van der Waals surface area contributed by atoms with E-state index in [9.17, 15) is 5.11 Å². The van der Waals surface area contributed by atoms with Crippen LogP contribution in [0.5, 0.6) is 0 Å². The van der Waals surface area contributed by atoms with Crippen molar-refractivity contribution in [3.8, 4) is 0 Å². The second kappa shape index (κ2) is 3.43.